The lowest BCUT2D eigenvalue weighted by Crippen LogP contribution is -2.29. The summed E-state index contributed by atoms with van der Waals surface area (Å²) < 4.78 is 26.0. The molecule has 0 bridgehead atoms. The summed E-state index contributed by atoms with van der Waals surface area (Å²) >= 11 is 0. The van der Waals surface area contributed by atoms with Crippen LogP contribution in [0, 0.1) is 19.7 Å². The van der Waals surface area contributed by atoms with Crippen LogP contribution >= 0.6 is 0 Å². The number of nitrogens with zero attached hydrogens (tertiary/aromatic N) is 3. The van der Waals surface area contributed by atoms with Crippen LogP contribution in [0.2, 0.25) is 0 Å². The minimum absolute atomic E-state index is 0.114. The highest BCUT2D eigenvalue weighted by Crippen LogP contribution is 2.25. The average Bonchev–Trinajstić information content (AvgIpc) is 3.19. The first-order valence-corrected chi connectivity index (χ1v) is 10.5. The third-order valence-electron chi connectivity index (χ3n) is 5.47. The van der Waals surface area contributed by atoms with Crippen molar-refractivity contribution in [1.29, 1.82) is 0 Å². The summed E-state index contributed by atoms with van der Waals surface area (Å²) in [5.41, 5.74) is 2.64. The SMILES string of the molecule is COc1ccc(-c2nc(Cn3c(-c4ccc(F)cc4)nc(C)c(CCO)c3=O)c(C)o2)cc1. The summed E-state index contributed by atoms with van der Waals surface area (Å²) in [4.78, 5) is 22.6. The van der Waals surface area contributed by atoms with Gasteiger partial charge in [-0.25, -0.2) is 14.4 Å². The topological polar surface area (TPSA) is 90.4 Å². The lowest BCUT2D eigenvalue weighted by atomic mass is 10.1. The van der Waals surface area contributed by atoms with Crippen molar-refractivity contribution in [3.63, 3.8) is 0 Å². The zero-order valence-electron chi connectivity index (χ0n) is 18.6. The highest BCUT2D eigenvalue weighted by molar-refractivity contribution is 5.57. The molecule has 4 rings (SSSR count). The van der Waals surface area contributed by atoms with Crippen molar-refractivity contribution >= 4 is 0 Å². The van der Waals surface area contributed by atoms with E-state index in [0.717, 1.165) is 11.3 Å². The highest BCUT2D eigenvalue weighted by atomic mass is 19.1. The molecule has 2 heterocycles. The molecule has 0 fully saturated rings. The molecular formula is C25H24FN3O4. The molecule has 170 valence electrons. The van der Waals surface area contributed by atoms with Gasteiger partial charge in [-0.3, -0.25) is 9.36 Å². The Hall–Kier alpha value is -3.78. The maximum absolute atomic E-state index is 13.5. The molecule has 0 unspecified atom stereocenters. The number of aliphatic hydroxyl groups is 1. The molecule has 8 heteroatoms. The van der Waals surface area contributed by atoms with Gasteiger partial charge in [-0.15, -0.1) is 0 Å². The Bertz CT molecular complexity index is 1330. The van der Waals surface area contributed by atoms with Gasteiger partial charge in [0.25, 0.3) is 5.56 Å². The minimum Gasteiger partial charge on any atom is -0.497 e. The smallest absolute Gasteiger partial charge is 0.257 e. The van der Waals surface area contributed by atoms with Crippen LogP contribution in [0.1, 0.15) is 22.7 Å². The van der Waals surface area contributed by atoms with E-state index in [1.165, 1.54) is 16.7 Å². The fourth-order valence-electron chi connectivity index (χ4n) is 3.65. The molecule has 0 saturated carbocycles. The van der Waals surface area contributed by atoms with Crippen molar-refractivity contribution < 1.29 is 18.7 Å². The Morgan fingerprint density at radius 1 is 1.03 bits per heavy atom. The molecule has 0 aliphatic carbocycles. The lowest BCUT2D eigenvalue weighted by molar-refractivity contribution is 0.298. The fourth-order valence-corrected chi connectivity index (χ4v) is 3.65. The van der Waals surface area contributed by atoms with Crippen molar-refractivity contribution in [1.82, 2.24) is 14.5 Å². The summed E-state index contributed by atoms with van der Waals surface area (Å²) in [5.74, 6) is 1.74. The van der Waals surface area contributed by atoms with Crippen LogP contribution in [0.15, 0.2) is 57.7 Å². The number of rotatable bonds is 7. The third kappa shape index (κ3) is 4.56. The molecule has 0 atom stereocenters. The van der Waals surface area contributed by atoms with Crippen LogP contribution in [-0.4, -0.2) is 33.4 Å². The maximum atomic E-state index is 13.5. The van der Waals surface area contributed by atoms with E-state index < -0.39 is 0 Å². The number of hydrogen-bond acceptors (Lipinski definition) is 6. The Morgan fingerprint density at radius 2 is 1.70 bits per heavy atom. The summed E-state index contributed by atoms with van der Waals surface area (Å²) in [7, 11) is 1.60. The number of benzene rings is 2. The maximum Gasteiger partial charge on any atom is 0.257 e. The number of aryl methyl sites for hydroxylation is 2. The number of aliphatic hydroxyl groups excluding tert-OH is 1. The van der Waals surface area contributed by atoms with Gasteiger partial charge in [-0.05, 0) is 62.4 Å². The van der Waals surface area contributed by atoms with E-state index in [9.17, 15) is 14.3 Å². The van der Waals surface area contributed by atoms with Gasteiger partial charge in [-0.2, -0.15) is 0 Å². The van der Waals surface area contributed by atoms with E-state index in [4.69, 9.17) is 9.15 Å². The van der Waals surface area contributed by atoms with Crippen LogP contribution in [0.5, 0.6) is 5.75 Å². The quantitative estimate of drug-likeness (QED) is 0.460. The first-order valence-electron chi connectivity index (χ1n) is 10.5. The van der Waals surface area contributed by atoms with Gasteiger partial charge in [0, 0.05) is 35.4 Å². The summed E-state index contributed by atoms with van der Waals surface area (Å²) in [6.45, 7) is 3.46. The second-order valence-corrected chi connectivity index (χ2v) is 7.62. The number of halogens is 1. The van der Waals surface area contributed by atoms with Crippen molar-refractivity contribution in [3.05, 3.63) is 87.4 Å². The lowest BCUT2D eigenvalue weighted by Gasteiger charge is -2.15. The number of aromatic nitrogens is 3. The molecule has 1 N–H and O–H groups in total. The summed E-state index contributed by atoms with van der Waals surface area (Å²) in [6, 6.07) is 13.1. The number of oxazole rings is 1. The number of methoxy groups -OCH3 is 1. The molecule has 7 nitrogen and oxygen atoms in total. The molecule has 0 saturated heterocycles. The van der Waals surface area contributed by atoms with Crippen LogP contribution < -0.4 is 10.3 Å². The second kappa shape index (κ2) is 9.38. The van der Waals surface area contributed by atoms with Gasteiger partial charge in [0.15, 0.2) is 0 Å². The fraction of sp³-hybridized carbons (Fsp3) is 0.240. The normalized spacial score (nSPS) is 11.1. The van der Waals surface area contributed by atoms with Gasteiger partial charge >= 0.3 is 0 Å². The van der Waals surface area contributed by atoms with Crippen LogP contribution in [0.3, 0.4) is 0 Å². The van der Waals surface area contributed by atoms with Crippen LogP contribution in [0.4, 0.5) is 4.39 Å². The van der Waals surface area contributed by atoms with E-state index in [0.29, 0.717) is 40.0 Å². The molecule has 0 spiro atoms. The Labute approximate surface area is 190 Å². The average molecular weight is 449 g/mol. The van der Waals surface area contributed by atoms with E-state index in [2.05, 4.69) is 9.97 Å². The molecule has 0 aliphatic heterocycles. The van der Waals surface area contributed by atoms with Crippen molar-refractivity contribution in [3.8, 4) is 28.6 Å². The highest BCUT2D eigenvalue weighted by Gasteiger charge is 2.19. The molecule has 4 aromatic rings. The Kier molecular flexibility index (Phi) is 6.37. The molecule has 2 aromatic heterocycles. The predicted octanol–water partition coefficient (Wildman–Crippen LogP) is 3.91. The first-order chi connectivity index (χ1) is 15.9. The molecule has 0 aliphatic rings. The minimum atomic E-state index is -0.377. The molecular weight excluding hydrogens is 425 g/mol. The van der Waals surface area contributed by atoms with Crippen LogP contribution in [-0.2, 0) is 13.0 Å². The molecule has 33 heavy (non-hydrogen) atoms. The standard InChI is InChI=1S/C25H24FN3O4/c1-15-21(12-13-30)25(31)29(23(27-15)17-4-8-19(26)9-5-17)14-22-16(2)33-24(28-22)18-6-10-20(32-3)11-7-18/h4-11,30H,12-14H2,1-3H3. The van der Waals surface area contributed by atoms with E-state index >= 15 is 0 Å². The third-order valence-corrected chi connectivity index (χ3v) is 5.47. The molecule has 0 radical (unpaired) electrons. The van der Waals surface area contributed by atoms with Crippen molar-refractivity contribution in [2.24, 2.45) is 0 Å². The summed E-state index contributed by atoms with van der Waals surface area (Å²) in [6.07, 6.45) is 0.191. The first kappa shape index (κ1) is 22.4. The van der Waals surface area contributed by atoms with Gasteiger partial charge in [0.1, 0.15) is 28.8 Å². The molecule has 0 amide bonds. The van der Waals surface area contributed by atoms with Crippen molar-refractivity contribution in [2.75, 3.05) is 13.7 Å². The Balaban J connectivity index is 1.79. The Morgan fingerprint density at radius 3 is 2.33 bits per heavy atom. The zero-order chi connectivity index (χ0) is 23.5. The van der Waals surface area contributed by atoms with Gasteiger partial charge < -0.3 is 14.3 Å². The zero-order valence-corrected chi connectivity index (χ0v) is 18.6. The van der Waals surface area contributed by atoms with Crippen LogP contribution in [0.25, 0.3) is 22.8 Å². The van der Waals surface area contributed by atoms with Gasteiger partial charge in [0.05, 0.1) is 13.7 Å². The second-order valence-electron chi connectivity index (χ2n) is 7.62. The predicted molar refractivity (Wildman–Crippen MR) is 122 cm³/mol. The van der Waals surface area contributed by atoms with Gasteiger partial charge in [0.2, 0.25) is 5.89 Å². The van der Waals surface area contributed by atoms with E-state index in [-0.39, 0.29) is 30.9 Å². The van der Waals surface area contributed by atoms with Gasteiger partial charge in [-0.1, -0.05) is 0 Å². The van der Waals surface area contributed by atoms with E-state index in [1.54, 1.807) is 33.1 Å². The van der Waals surface area contributed by atoms with E-state index in [1.807, 2.05) is 24.3 Å². The molecule has 2 aromatic carbocycles. The summed E-state index contributed by atoms with van der Waals surface area (Å²) in [5, 5.41) is 9.42. The number of ether oxygens (including phenoxy) is 1. The number of hydrogen-bond donors (Lipinski definition) is 1. The van der Waals surface area contributed by atoms with Crippen molar-refractivity contribution in [2.45, 2.75) is 26.8 Å². The monoisotopic (exact) mass is 449 g/mol. The largest absolute Gasteiger partial charge is 0.497 e.